The average Bonchev–Trinajstić information content (AvgIpc) is 3.42. The molecule has 4 aromatic rings. The molecule has 0 aliphatic carbocycles. The fourth-order valence-electron chi connectivity index (χ4n) is 2.96. The van der Waals surface area contributed by atoms with Crippen molar-refractivity contribution in [3.8, 4) is 17.2 Å². The Kier molecular flexibility index (Phi) is 5.51. The molecular formula is C21H22N6O2. The molecule has 148 valence electrons. The molecule has 8 heteroatoms. The molecule has 0 aliphatic rings. The number of nitrogens with one attached hydrogen (secondary N) is 1. The third-order valence-electron chi connectivity index (χ3n) is 4.57. The molecule has 0 fully saturated rings. The van der Waals surface area contributed by atoms with Gasteiger partial charge in [-0.25, -0.2) is 9.97 Å². The quantitative estimate of drug-likeness (QED) is 0.492. The summed E-state index contributed by atoms with van der Waals surface area (Å²) in [6.45, 7) is 3.59. The lowest BCUT2D eigenvalue weighted by atomic mass is 10.1. The number of nitrogens with zero attached hydrogens (tertiary/aromatic N) is 5. The molecular weight excluding hydrogens is 368 g/mol. The number of methoxy groups -OCH3 is 1. The third-order valence-corrected chi connectivity index (χ3v) is 4.57. The summed E-state index contributed by atoms with van der Waals surface area (Å²) >= 11 is 0. The maximum absolute atomic E-state index is 5.40. The minimum Gasteiger partial charge on any atom is -0.497 e. The number of rotatable bonds is 8. The smallest absolute Gasteiger partial charge is 0.259 e. The summed E-state index contributed by atoms with van der Waals surface area (Å²) in [5.41, 5.74) is 1.86. The second-order valence-electron chi connectivity index (χ2n) is 6.46. The highest BCUT2D eigenvalue weighted by Gasteiger charge is 2.10. The number of anilines is 1. The molecule has 0 atom stereocenters. The molecule has 8 nitrogen and oxygen atoms in total. The lowest BCUT2D eigenvalue weighted by molar-refractivity contribution is 0.414. The van der Waals surface area contributed by atoms with Crippen LogP contribution in [-0.4, -0.2) is 31.8 Å². The highest BCUT2D eigenvalue weighted by molar-refractivity contribution is 5.54. The summed E-state index contributed by atoms with van der Waals surface area (Å²) in [6.07, 6.45) is 6.08. The summed E-state index contributed by atoms with van der Waals surface area (Å²) in [5, 5.41) is 7.35. The molecule has 0 spiro atoms. The van der Waals surface area contributed by atoms with E-state index >= 15 is 0 Å². The van der Waals surface area contributed by atoms with Crippen molar-refractivity contribution in [1.82, 2.24) is 24.7 Å². The Morgan fingerprint density at radius 1 is 1.10 bits per heavy atom. The molecule has 0 aliphatic heterocycles. The number of aromatic nitrogens is 5. The van der Waals surface area contributed by atoms with E-state index in [9.17, 15) is 0 Å². The standard InChI is InChI=1S/C21H22N6O2/c1-3-27-11-10-22-20(27)14-24-18-9-6-16(13-23-18)21-25-19(26-29-21)12-15-4-7-17(28-2)8-5-15/h4-11,13H,3,12,14H2,1-2H3,(H,23,24). The molecule has 4 rings (SSSR count). The van der Waals surface area contributed by atoms with Crippen LogP contribution in [0.3, 0.4) is 0 Å². The highest BCUT2D eigenvalue weighted by Crippen LogP contribution is 2.19. The van der Waals surface area contributed by atoms with Crippen LogP contribution in [-0.2, 0) is 19.5 Å². The van der Waals surface area contributed by atoms with Crippen LogP contribution in [0, 0.1) is 0 Å². The van der Waals surface area contributed by atoms with E-state index in [1.807, 2.05) is 42.6 Å². The molecule has 0 amide bonds. The van der Waals surface area contributed by atoms with Crippen LogP contribution in [0.1, 0.15) is 24.1 Å². The number of ether oxygens (including phenoxy) is 1. The van der Waals surface area contributed by atoms with E-state index in [0.717, 1.165) is 35.1 Å². The van der Waals surface area contributed by atoms with E-state index in [1.165, 1.54) is 0 Å². The molecule has 1 aromatic carbocycles. The fourth-order valence-corrected chi connectivity index (χ4v) is 2.96. The summed E-state index contributed by atoms with van der Waals surface area (Å²) in [6, 6.07) is 11.6. The second kappa shape index (κ2) is 8.55. The van der Waals surface area contributed by atoms with Gasteiger partial charge in [0, 0.05) is 31.6 Å². The number of hydrogen-bond donors (Lipinski definition) is 1. The van der Waals surface area contributed by atoms with Crippen molar-refractivity contribution >= 4 is 5.82 Å². The molecule has 0 bridgehead atoms. The highest BCUT2D eigenvalue weighted by atomic mass is 16.5. The monoisotopic (exact) mass is 390 g/mol. The molecule has 29 heavy (non-hydrogen) atoms. The van der Waals surface area contributed by atoms with E-state index in [0.29, 0.717) is 24.7 Å². The van der Waals surface area contributed by atoms with E-state index in [1.54, 1.807) is 19.5 Å². The van der Waals surface area contributed by atoms with Crippen molar-refractivity contribution in [2.75, 3.05) is 12.4 Å². The van der Waals surface area contributed by atoms with E-state index < -0.39 is 0 Å². The van der Waals surface area contributed by atoms with Crippen molar-refractivity contribution in [1.29, 1.82) is 0 Å². The first-order valence-corrected chi connectivity index (χ1v) is 9.41. The molecule has 1 N–H and O–H groups in total. The first-order chi connectivity index (χ1) is 14.2. The van der Waals surface area contributed by atoms with Gasteiger partial charge in [0.25, 0.3) is 5.89 Å². The van der Waals surface area contributed by atoms with Gasteiger partial charge in [-0.1, -0.05) is 17.3 Å². The van der Waals surface area contributed by atoms with Gasteiger partial charge in [0.1, 0.15) is 17.4 Å². The van der Waals surface area contributed by atoms with Crippen LogP contribution in [0.25, 0.3) is 11.5 Å². The van der Waals surface area contributed by atoms with Gasteiger partial charge in [0.05, 0.1) is 19.2 Å². The van der Waals surface area contributed by atoms with Crippen molar-refractivity contribution in [2.24, 2.45) is 0 Å². The van der Waals surface area contributed by atoms with Crippen molar-refractivity contribution in [3.63, 3.8) is 0 Å². The number of benzene rings is 1. The van der Waals surface area contributed by atoms with Crippen LogP contribution in [0.15, 0.2) is 59.5 Å². The van der Waals surface area contributed by atoms with Crippen LogP contribution in [0.5, 0.6) is 5.75 Å². The Balaban J connectivity index is 1.38. The molecule has 3 aromatic heterocycles. The van der Waals surface area contributed by atoms with Gasteiger partial charge < -0.3 is 19.1 Å². The summed E-state index contributed by atoms with van der Waals surface area (Å²) in [4.78, 5) is 13.3. The van der Waals surface area contributed by atoms with Gasteiger partial charge in [-0.3, -0.25) is 0 Å². The lowest BCUT2D eigenvalue weighted by Crippen LogP contribution is -2.08. The van der Waals surface area contributed by atoms with Crippen LogP contribution in [0.4, 0.5) is 5.82 Å². The zero-order chi connectivity index (χ0) is 20.1. The molecule has 0 saturated carbocycles. The Morgan fingerprint density at radius 3 is 2.69 bits per heavy atom. The predicted octanol–water partition coefficient (Wildman–Crippen LogP) is 3.56. The van der Waals surface area contributed by atoms with Gasteiger partial charge in [0.2, 0.25) is 0 Å². The van der Waals surface area contributed by atoms with Crippen molar-refractivity contribution in [2.45, 2.75) is 26.4 Å². The zero-order valence-corrected chi connectivity index (χ0v) is 16.4. The Hall–Kier alpha value is -3.68. The molecule has 0 radical (unpaired) electrons. The first kappa shape index (κ1) is 18.7. The van der Waals surface area contributed by atoms with Crippen LogP contribution in [0.2, 0.25) is 0 Å². The second-order valence-corrected chi connectivity index (χ2v) is 6.46. The van der Waals surface area contributed by atoms with E-state index in [4.69, 9.17) is 9.26 Å². The van der Waals surface area contributed by atoms with Crippen molar-refractivity contribution in [3.05, 3.63) is 72.2 Å². The average molecular weight is 390 g/mol. The minimum absolute atomic E-state index is 0.453. The lowest BCUT2D eigenvalue weighted by Gasteiger charge is -2.07. The van der Waals surface area contributed by atoms with Crippen molar-refractivity contribution < 1.29 is 9.26 Å². The van der Waals surface area contributed by atoms with Gasteiger partial charge in [-0.15, -0.1) is 0 Å². The number of aryl methyl sites for hydroxylation is 1. The van der Waals surface area contributed by atoms with Gasteiger partial charge in [0.15, 0.2) is 5.82 Å². The number of hydrogen-bond acceptors (Lipinski definition) is 7. The normalized spacial score (nSPS) is 10.8. The van der Waals surface area contributed by atoms with Crippen LogP contribution < -0.4 is 10.1 Å². The van der Waals surface area contributed by atoms with Gasteiger partial charge in [-0.2, -0.15) is 4.98 Å². The Bertz CT molecular complexity index is 1050. The third kappa shape index (κ3) is 4.43. The maximum Gasteiger partial charge on any atom is 0.259 e. The van der Waals surface area contributed by atoms with Gasteiger partial charge in [-0.05, 0) is 36.8 Å². The molecule has 0 saturated heterocycles. The maximum atomic E-state index is 5.40. The first-order valence-electron chi connectivity index (χ1n) is 9.41. The van der Waals surface area contributed by atoms with E-state index in [-0.39, 0.29) is 0 Å². The molecule has 0 unspecified atom stereocenters. The van der Waals surface area contributed by atoms with Crippen LogP contribution >= 0.6 is 0 Å². The van der Waals surface area contributed by atoms with Gasteiger partial charge >= 0.3 is 0 Å². The predicted molar refractivity (Wildman–Crippen MR) is 109 cm³/mol. The SMILES string of the molecule is CCn1ccnc1CNc1ccc(-c2nc(Cc3ccc(OC)cc3)no2)cn1. The zero-order valence-electron chi connectivity index (χ0n) is 16.4. The number of imidazole rings is 1. The summed E-state index contributed by atoms with van der Waals surface area (Å²) in [5.74, 6) is 3.63. The van der Waals surface area contributed by atoms with E-state index in [2.05, 4.69) is 36.9 Å². The minimum atomic E-state index is 0.453. The topological polar surface area (TPSA) is 90.9 Å². The number of pyridine rings is 1. The summed E-state index contributed by atoms with van der Waals surface area (Å²) < 4.78 is 12.7. The molecule has 3 heterocycles. The Morgan fingerprint density at radius 2 is 1.97 bits per heavy atom. The largest absolute Gasteiger partial charge is 0.497 e. The summed E-state index contributed by atoms with van der Waals surface area (Å²) in [7, 11) is 1.65. The fraction of sp³-hybridized carbons (Fsp3) is 0.238. The Labute approximate surface area is 168 Å².